The minimum absolute atomic E-state index is 0.0694. The number of rotatable bonds is 9. The van der Waals surface area contributed by atoms with Gasteiger partial charge in [-0.25, -0.2) is 9.78 Å². The maximum absolute atomic E-state index is 14.2. The smallest absolute Gasteiger partial charge is 0.332 e. The molecule has 234 valence electrons. The molecule has 2 fully saturated rings. The van der Waals surface area contributed by atoms with Crippen LogP contribution in [0.2, 0.25) is 0 Å². The fraction of sp³-hybridized carbons (Fsp3) is 0.312. The number of thiazole rings is 1. The van der Waals surface area contributed by atoms with Crippen LogP contribution in [0.1, 0.15) is 30.0 Å². The predicted molar refractivity (Wildman–Crippen MR) is 170 cm³/mol. The maximum Gasteiger partial charge on any atom is 0.332 e. The van der Waals surface area contributed by atoms with Gasteiger partial charge in [0.1, 0.15) is 12.2 Å². The highest BCUT2D eigenvalue weighted by Gasteiger charge is 2.52. The Hall–Kier alpha value is -4.88. The lowest BCUT2D eigenvalue weighted by molar-refractivity contribution is -0.157. The van der Waals surface area contributed by atoms with Gasteiger partial charge < -0.3 is 31.1 Å². The fourth-order valence-electron chi connectivity index (χ4n) is 6.09. The number of para-hydroxylation sites is 1. The number of nitrogen functional groups attached to an aromatic ring is 1. The van der Waals surface area contributed by atoms with Crippen LogP contribution in [0.4, 0.5) is 9.93 Å². The molecule has 12 nitrogen and oxygen atoms in total. The van der Waals surface area contributed by atoms with Gasteiger partial charge in [0.2, 0.25) is 11.8 Å². The second-order valence-corrected chi connectivity index (χ2v) is 12.3. The van der Waals surface area contributed by atoms with Gasteiger partial charge in [0.05, 0.1) is 23.3 Å². The summed E-state index contributed by atoms with van der Waals surface area (Å²) in [5.41, 5.74) is 9.08. The lowest BCUT2D eigenvalue weighted by Crippen LogP contribution is -2.66. The van der Waals surface area contributed by atoms with Crippen LogP contribution >= 0.6 is 11.3 Å². The SMILES string of the molecule is CCCN(C(=O)NCc1ccccc1)N1CC(=O)N2[C@@H](Cc3ccc(O)c(O)c3)C(=O)N(Cc3cccc4sc(N)nc34)C[C@@H]21. The zero-order valence-electron chi connectivity index (χ0n) is 24.8. The van der Waals surface area contributed by atoms with Gasteiger partial charge in [-0.2, -0.15) is 5.01 Å². The van der Waals surface area contributed by atoms with Crippen LogP contribution in [0, 0.1) is 0 Å². The molecular weight excluding hydrogens is 594 g/mol. The van der Waals surface area contributed by atoms with Gasteiger partial charge in [-0.1, -0.05) is 66.8 Å². The molecule has 0 unspecified atom stereocenters. The molecule has 3 aromatic carbocycles. The number of benzene rings is 3. The van der Waals surface area contributed by atoms with E-state index in [0.717, 1.165) is 21.3 Å². The van der Waals surface area contributed by atoms with E-state index in [1.54, 1.807) is 25.9 Å². The summed E-state index contributed by atoms with van der Waals surface area (Å²) in [6.45, 7) is 3.00. The number of phenols is 2. The number of aromatic nitrogens is 1. The van der Waals surface area contributed by atoms with Gasteiger partial charge in [-0.15, -0.1) is 0 Å². The molecule has 13 heteroatoms. The Morgan fingerprint density at radius 2 is 1.87 bits per heavy atom. The highest BCUT2D eigenvalue weighted by molar-refractivity contribution is 7.22. The number of anilines is 1. The van der Waals surface area contributed by atoms with Gasteiger partial charge >= 0.3 is 6.03 Å². The van der Waals surface area contributed by atoms with Crippen molar-refractivity contribution >= 4 is 44.5 Å². The van der Waals surface area contributed by atoms with Crippen LogP contribution < -0.4 is 11.1 Å². The number of phenolic OH excluding ortho intramolecular Hbond substituents is 2. The molecule has 0 bridgehead atoms. The minimum atomic E-state index is -0.902. The van der Waals surface area contributed by atoms with E-state index in [4.69, 9.17) is 5.73 Å². The average molecular weight is 630 g/mol. The highest BCUT2D eigenvalue weighted by atomic mass is 32.1. The van der Waals surface area contributed by atoms with Gasteiger partial charge in [-0.05, 0) is 41.3 Å². The van der Waals surface area contributed by atoms with E-state index in [9.17, 15) is 24.6 Å². The summed E-state index contributed by atoms with van der Waals surface area (Å²) in [6, 6.07) is 18.5. The third-order valence-corrected chi connectivity index (χ3v) is 9.03. The first kappa shape index (κ1) is 30.2. The van der Waals surface area contributed by atoms with Crippen LogP contribution in [0.3, 0.4) is 0 Å². The number of fused-ring (bicyclic) bond motifs is 2. The van der Waals surface area contributed by atoms with E-state index in [1.807, 2.05) is 55.5 Å². The summed E-state index contributed by atoms with van der Waals surface area (Å²) in [4.78, 5) is 49.2. The average Bonchev–Trinajstić information content (AvgIpc) is 3.58. The molecule has 0 spiro atoms. The van der Waals surface area contributed by atoms with E-state index < -0.39 is 12.2 Å². The Bertz CT molecular complexity index is 1730. The Labute approximate surface area is 264 Å². The maximum atomic E-state index is 14.2. The molecule has 2 aliphatic heterocycles. The molecule has 6 rings (SSSR count). The van der Waals surface area contributed by atoms with Crippen LogP contribution in [-0.4, -0.2) is 84.7 Å². The molecule has 3 heterocycles. The number of hydrogen-bond donors (Lipinski definition) is 4. The van der Waals surface area contributed by atoms with E-state index >= 15 is 0 Å². The summed E-state index contributed by atoms with van der Waals surface area (Å²) in [7, 11) is 0. The topological polar surface area (TPSA) is 156 Å². The van der Waals surface area contributed by atoms with Crippen molar-refractivity contribution in [3.8, 4) is 11.5 Å². The predicted octanol–water partition coefficient (Wildman–Crippen LogP) is 3.25. The van der Waals surface area contributed by atoms with Crippen molar-refractivity contribution in [2.75, 3.05) is 25.4 Å². The molecule has 0 aliphatic carbocycles. The summed E-state index contributed by atoms with van der Waals surface area (Å²) in [5, 5.41) is 26.7. The van der Waals surface area contributed by atoms with Gasteiger partial charge in [0, 0.05) is 26.1 Å². The Kier molecular flexibility index (Phi) is 8.46. The third kappa shape index (κ3) is 6.08. The zero-order chi connectivity index (χ0) is 31.7. The number of nitrogens with two attached hydrogens (primary N) is 1. The van der Waals surface area contributed by atoms with Crippen molar-refractivity contribution in [2.45, 2.75) is 45.1 Å². The fourth-order valence-corrected chi connectivity index (χ4v) is 6.87. The Balaban J connectivity index is 1.32. The summed E-state index contributed by atoms with van der Waals surface area (Å²) in [6.07, 6.45) is 0.156. The van der Waals surface area contributed by atoms with E-state index in [-0.39, 0.29) is 55.4 Å². The van der Waals surface area contributed by atoms with Crippen LogP contribution in [0.25, 0.3) is 10.2 Å². The van der Waals surface area contributed by atoms with Gasteiger partial charge in [0.25, 0.3) is 0 Å². The number of carbonyl (C=O) groups is 3. The molecular formula is C32H35N7O5S. The van der Waals surface area contributed by atoms with E-state index in [0.29, 0.717) is 30.2 Å². The van der Waals surface area contributed by atoms with Gasteiger partial charge in [-0.3, -0.25) is 14.6 Å². The molecule has 4 amide bonds. The first-order valence-corrected chi connectivity index (χ1v) is 15.7. The van der Waals surface area contributed by atoms with Crippen molar-refractivity contribution in [3.05, 3.63) is 83.4 Å². The second kappa shape index (κ2) is 12.6. The Morgan fingerprint density at radius 1 is 1.07 bits per heavy atom. The van der Waals surface area contributed by atoms with Crippen LogP contribution in [0.15, 0.2) is 66.7 Å². The molecule has 5 N–H and O–H groups in total. The molecule has 1 aromatic heterocycles. The molecule has 2 atom stereocenters. The van der Waals surface area contributed by atoms with Crippen molar-refractivity contribution in [1.82, 2.24) is 30.1 Å². The monoisotopic (exact) mass is 629 g/mol. The highest BCUT2D eigenvalue weighted by Crippen LogP contribution is 2.33. The summed E-state index contributed by atoms with van der Waals surface area (Å²) in [5.74, 6) is -1.11. The van der Waals surface area contributed by atoms with Crippen molar-refractivity contribution in [1.29, 1.82) is 0 Å². The lowest BCUT2D eigenvalue weighted by atomic mass is 9.99. The number of carbonyl (C=O) groups excluding carboxylic acids is 3. The number of piperazine rings is 1. The van der Waals surface area contributed by atoms with Crippen molar-refractivity contribution in [3.63, 3.8) is 0 Å². The second-order valence-electron chi connectivity index (χ2n) is 11.2. The quantitative estimate of drug-likeness (QED) is 0.206. The number of urea groups is 1. The minimum Gasteiger partial charge on any atom is -0.504 e. The lowest BCUT2D eigenvalue weighted by Gasteiger charge is -2.46. The molecule has 2 aliphatic rings. The number of nitrogens with one attached hydrogen (secondary N) is 1. The van der Waals surface area contributed by atoms with Crippen LogP contribution in [0.5, 0.6) is 11.5 Å². The third-order valence-electron chi connectivity index (χ3n) is 8.18. The normalized spacial score (nSPS) is 18.4. The molecule has 0 saturated carbocycles. The first-order valence-electron chi connectivity index (χ1n) is 14.8. The largest absolute Gasteiger partial charge is 0.504 e. The van der Waals surface area contributed by atoms with Crippen LogP contribution in [-0.2, 0) is 29.1 Å². The number of aromatic hydroxyl groups is 2. The van der Waals surface area contributed by atoms with Crippen molar-refractivity contribution < 1.29 is 24.6 Å². The number of amides is 4. The standard InChI is InChI=1S/C32H35N7O5S/c1-2-13-37(32(44)34-16-20-7-4-3-5-8-20)38-19-28(42)39-23(14-21-11-12-24(40)25(41)15-21)30(43)36(18-27(38)39)17-22-9-6-10-26-29(22)35-31(33)45-26/h3-12,15,23,27,40-41H,2,13-14,16-19H2,1H3,(H2,33,35)(H,34,44)/t23-,27+/m0/s1. The summed E-state index contributed by atoms with van der Waals surface area (Å²) < 4.78 is 0.911. The van der Waals surface area contributed by atoms with Crippen molar-refractivity contribution in [2.24, 2.45) is 0 Å². The molecule has 4 aromatic rings. The van der Waals surface area contributed by atoms with E-state index in [1.165, 1.54) is 23.5 Å². The Morgan fingerprint density at radius 3 is 2.62 bits per heavy atom. The first-order chi connectivity index (χ1) is 21.7. The zero-order valence-corrected chi connectivity index (χ0v) is 25.6. The van der Waals surface area contributed by atoms with E-state index in [2.05, 4.69) is 10.3 Å². The summed E-state index contributed by atoms with van der Waals surface area (Å²) >= 11 is 1.37. The number of hydrazine groups is 1. The molecule has 0 radical (unpaired) electrons. The number of hydrogen-bond acceptors (Lipinski definition) is 9. The molecule has 2 saturated heterocycles. The van der Waals surface area contributed by atoms with Gasteiger partial charge in [0.15, 0.2) is 16.6 Å². The molecule has 45 heavy (non-hydrogen) atoms. The number of nitrogens with zero attached hydrogens (tertiary/aromatic N) is 5.